The number of carboxylic acids is 1. The molecular formula is C13H12FNO4. The molecule has 100 valence electrons. The van der Waals surface area contributed by atoms with Gasteiger partial charge in [-0.2, -0.15) is 0 Å². The van der Waals surface area contributed by atoms with Gasteiger partial charge in [-0.3, -0.25) is 14.5 Å². The Bertz CT molecular complexity index is 582. The molecule has 0 aromatic heterocycles. The maximum Gasteiger partial charge on any atom is 0.327 e. The molecule has 0 bridgehead atoms. The van der Waals surface area contributed by atoms with Crippen LogP contribution in [0.25, 0.3) is 0 Å². The van der Waals surface area contributed by atoms with E-state index in [9.17, 15) is 18.8 Å². The highest BCUT2D eigenvalue weighted by Gasteiger charge is 2.45. The molecule has 1 atom stereocenters. The Labute approximate surface area is 108 Å². The lowest BCUT2D eigenvalue weighted by atomic mass is 10.0. The second kappa shape index (κ2) is 4.46. The van der Waals surface area contributed by atoms with Gasteiger partial charge in [-0.1, -0.05) is 19.9 Å². The number of carbonyl (C=O) groups excluding carboxylic acids is 2. The first-order valence-corrected chi connectivity index (χ1v) is 5.75. The number of amides is 2. The highest BCUT2D eigenvalue weighted by molar-refractivity contribution is 6.22. The first kappa shape index (κ1) is 13.2. The van der Waals surface area contributed by atoms with Crippen molar-refractivity contribution in [3.05, 3.63) is 35.1 Å². The third-order valence-corrected chi connectivity index (χ3v) is 3.06. The van der Waals surface area contributed by atoms with Crippen LogP contribution in [0.2, 0.25) is 0 Å². The summed E-state index contributed by atoms with van der Waals surface area (Å²) >= 11 is 0. The van der Waals surface area contributed by atoms with E-state index in [2.05, 4.69) is 0 Å². The van der Waals surface area contributed by atoms with Gasteiger partial charge in [-0.25, -0.2) is 9.18 Å². The molecule has 0 radical (unpaired) electrons. The molecule has 19 heavy (non-hydrogen) atoms. The van der Waals surface area contributed by atoms with Gasteiger partial charge in [0.2, 0.25) is 0 Å². The number of fused-ring (bicyclic) bond motifs is 1. The maximum atomic E-state index is 13.6. The number of aliphatic carboxylic acids is 1. The van der Waals surface area contributed by atoms with E-state index < -0.39 is 35.6 Å². The van der Waals surface area contributed by atoms with Gasteiger partial charge in [0.1, 0.15) is 11.9 Å². The molecule has 1 heterocycles. The summed E-state index contributed by atoms with van der Waals surface area (Å²) in [6.07, 6.45) is 0. The average Bonchev–Trinajstić information content (AvgIpc) is 2.55. The standard InChI is InChI=1S/C13H12FNO4/c1-6(2)10(13(18)19)15-11(16)7-4-3-5-8(14)9(7)12(15)17/h3-6,10H,1-2H3,(H,18,19)/t10-/m0/s1. The van der Waals surface area contributed by atoms with Crippen molar-refractivity contribution in [3.63, 3.8) is 0 Å². The SMILES string of the molecule is CC(C)[C@@H](C(=O)O)N1C(=O)c2cccc(F)c2C1=O. The second-order valence-corrected chi connectivity index (χ2v) is 4.67. The minimum atomic E-state index is -1.30. The minimum Gasteiger partial charge on any atom is -0.480 e. The average molecular weight is 265 g/mol. The van der Waals surface area contributed by atoms with Crippen LogP contribution < -0.4 is 0 Å². The summed E-state index contributed by atoms with van der Waals surface area (Å²) in [5.41, 5.74) is -0.434. The third-order valence-electron chi connectivity index (χ3n) is 3.06. The van der Waals surface area contributed by atoms with E-state index in [0.717, 1.165) is 6.07 Å². The number of imide groups is 1. The summed E-state index contributed by atoms with van der Waals surface area (Å²) in [5, 5.41) is 9.15. The molecular weight excluding hydrogens is 253 g/mol. The van der Waals surface area contributed by atoms with Crippen molar-refractivity contribution in [2.45, 2.75) is 19.9 Å². The Balaban J connectivity index is 2.54. The molecule has 1 aliphatic heterocycles. The van der Waals surface area contributed by atoms with Crippen LogP contribution in [-0.2, 0) is 4.79 Å². The molecule has 0 fully saturated rings. The number of hydrogen-bond donors (Lipinski definition) is 1. The lowest BCUT2D eigenvalue weighted by Crippen LogP contribution is -2.47. The minimum absolute atomic E-state index is 0.0862. The summed E-state index contributed by atoms with van der Waals surface area (Å²) in [6.45, 7) is 3.16. The molecule has 0 aliphatic carbocycles. The van der Waals surface area contributed by atoms with Gasteiger partial charge in [-0.15, -0.1) is 0 Å². The molecule has 1 aromatic rings. The van der Waals surface area contributed by atoms with Gasteiger partial charge >= 0.3 is 5.97 Å². The predicted octanol–water partition coefficient (Wildman–Crippen LogP) is 1.53. The normalized spacial score (nSPS) is 15.9. The first-order chi connectivity index (χ1) is 8.86. The second-order valence-electron chi connectivity index (χ2n) is 4.67. The molecule has 1 aliphatic rings. The van der Waals surface area contributed by atoms with Crippen molar-refractivity contribution in [1.29, 1.82) is 0 Å². The summed E-state index contributed by atoms with van der Waals surface area (Å²) < 4.78 is 13.6. The van der Waals surface area contributed by atoms with E-state index in [-0.39, 0.29) is 11.1 Å². The molecule has 6 heteroatoms. The van der Waals surface area contributed by atoms with E-state index in [1.165, 1.54) is 12.1 Å². The van der Waals surface area contributed by atoms with Gasteiger partial charge in [0.05, 0.1) is 11.1 Å². The van der Waals surface area contributed by atoms with E-state index in [1.807, 2.05) is 0 Å². The molecule has 1 N–H and O–H groups in total. The Morgan fingerprint density at radius 3 is 2.37 bits per heavy atom. The molecule has 2 rings (SSSR count). The van der Waals surface area contributed by atoms with Gasteiger partial charge in [0.25, 0.3) is 11.8 Å². The molecule has 0 saturated carbocycles. The van der Waals surface area contributed by atoms with Gasteiger partial charge in [-0.05, 0) is 18.1 Å². The highest BCUT2D eigenvalue weighted by atomic mass is 19.1. The van der Waals surface area contributed by atoms with Crippen LogP contribution >= 0.6 is 0 Å². The Morgan fingerprint density at radius 1 is 1.26 bits per heavy atom. The number of nitrogens with zero attached hydrogens (tertiary/aromatic N) is 1. The molecule has 5 nitrogen and oxygen atoms in total. The fraction of sp³-hybridized carbons (Fsp3) is 0.308. The smallest absolute Gasteiger partial charge is 0.327 e. The number of hydrogen-bond acceptors (Lipinski definition) is 3. The topological polar surface area (TPSA) is 74.7 Å². The van der Waals surface area contributed by atoms with Crippen LogP contribution in [0.1, 0.15) is 34.6 Å². The summed E-state index contributed by atoms with van der Waals surface area (Å²) in [5.74, 6) is -4.22. The fourth-order valence-corrected chi connectivity index (χ4v) is 2.21. The molecule has 0 spiro atoms. The van der Waals surface area contributed by atoms with Crippen LogP contribution in [0.15, 0.2) is 18.2 Å². The monoisotopic (exact) mass is 265 g/mol. The number of benzene rings is 1. The van der Waals surface area contributed by atoms with E-state index in [1.54, 1.807) is 13.8 Å². The quantitative estimate of drug-likeness (QED) is 0.841. The fourth-order valence-electron chi connectivity index (χ4n) is 2.21. The van der Waals surface area contributed by atoms with Crippen molar-refractivity contribution < 1.29 is 23.9 Å². The van der Waals surface area contributed by atoms with Crippen LogP contribution in [0.4, 0.5) is 4.39 Å². The van der Waals surface area contributed by atoms with E-state index >= 15 is 0 Å². The first-order valence-electron chi connectivity index (χ1n) is 5.75. The van der Waals surface area contributed by atoms with Crippen molar-refractivity contribution in [2.24, 2.45) is 5.92 Å². The molecule has 0 saturated heterocycles. The summed E-state index contributed by atoms with van der Waals surface area (Å²) in [7, 11) is 0. The molecule has 0 unspecified atom stereocenters. The van der Waals surface area contributed by atoms with Crippen molar-refractivity contribution in [1.82, 2.24) is 4.90 Å². The van der Waals surface area contributed by atoms with Crippen molar-refractivity contribution in [3.8, 4) is 0 Å². The Kier molecular flexibility index (Phi) is 3.09. The Morgan fingerprint density at radius 2 is 1.89 bits per heavy atom. The summed E-state index contributed by atoms with van der Waals surface area (Å²) in [6, 6.07) is 2.40. The van der Waals surface area contributed by atoms with Gasteiger partial charge in [0.15, 0.2) is 0 Å². The number of carboxylic acid groups (broad SMARTS) is 1. The molecule has 1 aromatic carbocycles. The van der Waals surface area contributed by atoms with Crippen LogP contribution in [-0.4, -0.2) is 33.8 Å². The van der Waals surface area contributed by atoms with E-state index in [4.69, 9.17) is 5.11 Å². The van der Waals surface area contributed by atoms with Crippen LogP contribution in [0, 0.1) is 11.7 Å². The third kappa shape index (κ3) is 1.89. The van der Waals surface area contributed by atoms with Crippen LogP contribution in [0.3, 0.4) is 0 Å². The number of rotatable bonds is 3. The maximum absolute atomic E-state index is 13.6. The zero-order valence-electron chi connectivity index (χ0n) is 10.4. The van der Waals surface area contributed by atoms with E-state index in [0.29, 0.717) is 4.90 Å². The van der Waals surface area contributed by atoms with Crippen LogP contribution in [0.5, 0.6) is 0 Å². The Hall–Kier alpha value is -2.24. The zero-order chi connectivity index (χ0) is 14.3. The lowest BCUT2D eigenvalue weighted by Gasteiger charge is -2.25. The lowest BCUT2D eigenvalue weighted by molar-refractivity contribution is -0.143. The highest BCUT2D eigenvalue weighted by Crippen LogP contribution is 2.28. The van der Waals surface area contributed by atoms with Crippen molar-refractivity contribution in [2.75, 3.05) is 0 Å². The van der Waals surface area contributed by atoms with Gasteiger partial charge < -0.3 is 5.11 Å². The largest absolute Gasteiger partial charge is 0.480 e. The molecule has 2 amide bonds. The zero-order valence-corrected chi connectivity index (χ0v) is 10.4. The van der Waals surface area contributed by atoms with Crippen molar-refractivity contribution >= 4 is 17.8 Å². The predicted molar refractivity (Wildman–Crippen MR) is 63.2 cm³/mol. The summed E-state index contributed by atoms with van der Waals surface area (Å²) in [4.78, 5) is 36.0. The number of halogens is 1. The number of carbonyl (C=O) groups is 3. The van der Waals surface area contributed by atoms with Gasteiger partial charge in [0, 0.05) is 0 Å².